The largest absolute Gasteiger partial charge is 0.496 e. The number of rotatable bonds is 4. The molecule has 0 unspecified atom stereocenters. The van der Waals surface area contributed by atoms with E-state index >= 15 is 0 Å². The van der Waals surface area contributed by atoms with E-state index in [1.54, 1.807) is 23.9 Å². The highest BCUT2D eigenvalue weighted by atomic mass is 16.5. The molecule has 0 bridgehead atoms. The van der Waals surface area contributed by atoms with Crippen LogP contribution in [0.4, 0.5) is 0 Å². The second kappa shape index (κ2) is 5.40. The fourth-order valence-corrected chi connectivity index (χ4v) is 2.54. The highest BCUT2D eigenvalue weighted by molar-refractivity contribution is 6.01. The number of methoxy groups -OCH3 is 1. The van der Waals surface area contributed by atoms with E-state index in [0.717, 1.165) is 16.6 Å². The number of Topliss-reactive ketones (excluding diaryl/α,β-unsaturated/α-hetero) is 1. The van der Waals surface area contributed by atoms with Crippen LogP contribution < -0.4 is 4.74 Å². The minimum absolute atomic E-state index is 0.0105. The number of fused-ring (bicyclic) bond motifs is 1. The second-order valence-corrected chi connectivity index (χ2v) is 4.89. The van der Waals surface area contributed by atoms with Gasteiger partial charge in [0.25, 0.3) is 0 Å². The summed E-state index contributed by atoms with van der Waals surface area (Å²) in [5, 5.41) is 5.48. The number of para-hydroxylation sites is 2. The van der Waals surface area contributed by atoms with Crippen LogP contribution in [0.1, 0.15) is 16.1 Å². The van der Waals surface area contributed by atoms with Crippen molar-refractivity contribution in [1.29, 1.82) is 0 Å². The van der Waals surface area contributed by atoms with Crippen molar-refractivity contribution in [3.8, 4) is 5.75 Å². The smallest absolute Gasteiger partial charge is 0.172 e. The third kappa shape index (κ3) is 2.40. The Morgan fingerprint density at radius 1 is 1.14 bits per heavy atom. The number of hydrogen-bond donors (Lipinski definition) is 0. The van der Waals surface area contributed by atoms with Crippen LogP contribution in [-0.2, 0) is 13.5 Å². The van der Waals surface area contributed by atoms with Crippen LogP contribution in [0.2, 0.25) is 0 Å². The lowest BCUT2D eigenvalue weighted by molar-refractivity contribution is 0.0989. The van der Waals surface area contributed by atoms with Crippen molar-refractivity contribution in [2.24, 2.45) is 7.05 Å². The van der Waals surface area contributed by atoms with E-state index in [2.05, 4.69) is 5.10 Å². The number of aromatic nitrogens is 2. The Hall–Kier alpha value is -2.62. The van der Waals surface area contributed by atoms with Crippen molar-refractivity contribution in [2.75, 3.05) is 7.11 Å². The summed E-state index contributed by atoms with van der Waals surface area (Å²) in [4.78, 5) is 12.5. The molecular formula is C17H16N2O2. The van der Waals surface area contributed by atoms with Crippen LogP contribution in [-0.4, -0.2) is 22.7 Å². The molecule has 21 heavy (non-hydrogen) atoms. The van der Waals surface area contributed by atoms with Gasteiger partial charge in [-0.2, -0.15) is 5.10 Å². The molecule has 1 heterocycles. The molecule has 0 amide bonds. The Balaban J connectivity index is 1.97. The van der Waals surface area contributed by atoms with Gasteiger partial charge in [-0.15, -0.1) is 0 Å². The van der Waals surface area contributed by atoms with Crippen LogP contribution in [0.3, 0.4) is 0 Å². The molecule has 0 aliphatic heterocycles. The lowest BCUT2D eigenvalue weighted by Crippen LogP contribution is -2.06. The number of aryl methyl sites for hydroxylation is 1. The van der Waals surface area contributed by atoms with Crippen molar-refractivity contribution in [3.05, 3.63) is 59.8 Å². The lowest BCUT2D eigenvalue weighted by atomic mass is 10.0. The molecule has 0 fully saturated rings. The van der Waals surface area contributed by atoms with E-state index in [1.807, 2.05) is 43.4 Å². The fourth-order valence-electron chi connectivity index (χ4n) is 2.54. The van der Waals surface area contributed by atoms with Gasteiger partial charge in [-0.05, 0) is 18.2 Å². The average Bonchev–Trinajstić information content (AvgIpc) is 2.84. The zero-order valence-corrected chi connectivity index (χ0v) is 12.0. The molecule has 4 heteroatoms. The van der Waals surface area contributed by atoms with Gasteiger partial charge in [-0.3, -0.25) is 9.48 Å². The minimum Gasteiger partial charge on any atom is -0.496 e. The van der Waals surface area contributed by atoms with Gasteiger partial charge in [0.15, 0.2) is 5.78 Å². The SMILES string of the molecule is COc1ccccc1C(=O)Cc1nn(C)c2ccccc12. The number of nitrogens with zero attached hydrogens (tertiary/aromatic N) is 2. The summed E-state index contributed by atoms with van der Waals surface area (Å²) in [7, 11) is 3.46. The van der Waals surface area contributed by atoms with E-state index in [1.165, 1.54) is 0 Å². The minimum atomic E-state index is 0.0105. The van der Waals surface area contributed by atoms with Gasteiger partial charge in [-0.1, -0.05) is 30.3 Å². The van der Waals surface area contributed by atoms with Gasteiger partial charge in [0.2, 0.25) is 0 Å². The second-order valence-electron chi connectivity index (χ2n) is 4.89. The summed E-state index contributed by atoms with van der Waals surface area (Å²) >= 11 is 0. The maximum atomic E-state index is 12.5. The first-order valence-electron chi connectivity index (χ1n) is 6.77. The third-order valence-corrected chi connectivity index (χ3v) is 3.57. The summed E-state index contributed by atoms with van der Waals surface area (Å²) in [6, 6.07) is 15.2. The maximum absolute atomic E-state index is 12.5. The topological polar surface area (TPSA) is 44.1 Å². The molecule has 2 aromatic carbocycles. The van der Waals surface area contributed by atoms with Gasteiger partial charge < -0.3 is 4.74 Å². The van der Waals surface area contributed by atoms with Crippen molar-refractivity contribution in [2.45, 2.75) is 6.42 Å². The Morgan fingerprint density at radius 3 is 2.67 bits per heavy atom. The number of hydrogen-bond acceptors (Lipinski definition) is 3. The first-order chi connectivity index (χ1) is 10.2. The van der Waals surface area contributed by atoms with Crippen molar-refractivity contribution in [1.82, 2.24) is 9.78 Å². The number of carbonyl (C=O) groups is 1. The Kier molecular flexibility index (Phi) is 3.44. The molecule has 0 radical (unpaired) electrons. The predicted molar refractivity (Wildman–Crippen MR) is 81.7 cm³/mol. The van der Waals surface area contributed by atoms with Crippen LogP contribution in [0, 0.1) is 0 Å². The van der Waals surface area contributed by atoms with Gasteiger partial charge >= 0.3 is 0 Å². The quantitative estimate of drug-likeness (QED) is 0.690. The van der Waals surface area contributed by atoms with E-state index in [0.29, 0.717) is 11.3 Å². The van der Waals surface area contributed by atoms with E-state index in [4.69, 9.17) is 4.74 Å². The summed E-state index contributed by atoms with van der Waals surface area (Å²) in [5.41, 5.74) is 2.42. The first kappa shape index (κ1) is 13.4. The molecule has 4 nitrogen and oxygen atoms in total. The van der Waals surface area contributed by atoms with Gasteiger partial charge in [0.05, 0.1) is 30.3 Å². The Bertz CT molecular complexity index is 805. The van der Waals surface area contributed by atoms with Crippen LogP contribution in [0.5, 0.6) is 5.75 Å². The molecular weight excluding hydrogens is 264 g/mol. The van der Waals surface area contributed by atoms with Crippen LogP contribution >= 0.6 is 0 Å². The van der Waals surface area contributed by atoms with Crippen LogP contribution in [0.15, 0.2) is 48.5 Å². The zero-order valence-electron chi connectivity index (χ0n) is 12.0. The van der Waals surface area contributed by atoms with Gasteiger partial charge in [-0.25, -0.2) is 0 Å². The molecule has 0 aliphatic carbocycles. The Morgan fingerprint density at radius 2 is 1.86 bits per heavy atom. The zero-order chi connectivity index (χ0) is 14.8. The van der Waals surface area contributed by atoms with E-state index < -0.39 is 0 Å². The molecule has 0 spiro atoms. The standard InChI is InChI=1S/C17H16N2O2/c1-19-15-9-5-3-7-12(15)14(18-19)11-16(20)13-8-4-6-10-17(13)21-2/h3-10H,11H2,1-2H3. The normalized spacial score (nSPS) is 10.8. The van der Waals surface area contributed by atoms with Gasteiger partial charge in [0, 0.05) is 12.4 Å². The van der Waals surface area contributed by atoms with Gasteiger partial charge in [0.1, 0.15) is 5.75 Å². The molecule has 3 rings (SSSR count). The predicted octanol–water partition coefficient (Wildman–Crippen LogP) is 3.01. The van der Waals surface area contributed by atoms with Crippen molar-refractivity contribution < 1.29 is 9.53 Å². The van der Waals surface area contributed by atoms with E-state index in [-0.39, 0.29) is 12.2 Å². The third-order valence-electron chi connectivity index (χ3n) is 3.57. The van der Waals surface area contributed by atoms with Crippen molar-refractivity contribution >= 4 is 16.7 Å². The number of ether oxygens (including phenoxy) is 1. The van der Waals surface area contributed by atoms with E-state index in [9.17, 15) is 4.79 Å². The molecule has 0 saturated carbocycles. The Labute approximate surface area is 123 Å². The molecule has 0 N–H and O–H groups in total. The first-order valence-corrected chi connectivity index (χ1v) is 6.77. The number of benzene rings is 2. The average molecular weight is 280 g/mol. The summed E-state index contributed by atoms with van der Waals surface area (Å²) in [6.07, 6.45) is 0.266. The molecule has 0 atom stereocenters. The highest BCUT2D eigenvalue weighted by Crippen LogP contribution is 2.22. The fraction of sp³-hybridized carbons (Fsp3) is 0.176. The highest BCUT2D eigenvalue weighted by Gasteiger charge is 2.16. The van der Waals surface area contributed by atoms with Crippen LogP contribution in [0.25, 0.3) is 10.9 Å². The molecule has 106 valence electrons. The summed E-state index contributed by atoms with van der Waals surface area (Å²) < 4.78 is 7.06. The maximum Gasteiger partial charge on any atom is 0.172 e. The molecule has 3 aromatic rings. The molecule has 0 aliphatic rings. The molecule has 1 aromatic heterocycles. The number of ketones is 1. The summed E-state index contributed by atoms with van der Waals surface area (Å²) in [6.45, 7) is 0. The summed E-state index contributed by atoms with van der Waals surface area (Å²) in [5.74, 6) is 0.610. The monoisotopic (exact) mass is 280 g/mol. The molecule has 0 saturated heterocycles. The van der Waals surface area contributed by atoms with Crippen molar-refractivity contribution in [3.63, 3.8) is 0 Å². The lowest BCUT2D eigenvalue weighted by Gasteiger charge is -2.06. The number of carbonyl (C=O) groups excluding carboxylic acids is 1.